The molecule has 0 aromatic rings. The van der Waals surface area contributed by atoms with Crippen LogP contribution in [0.25, 0.3) is 0 Å². The normalized spacial score (nSPS) is 27.7. The van der Waals surface area contributed by atoms with Crippen molar-refractivity contribution >= 4 is 5.91 Å². The lowest BCUT2D eigenvalue weighted by molar-refractivity contribution is -0.150. The van der Waals surface area contributed by atoms with Gasteiger partial charge in [0.25, 0.3) is 6.43 Å². The van der Waals surface area contributed by atoms with E-state index in [9.17, 15) is 13.6 Å². The van der Waals surface area contributed by atoms with Gasteiger partial charge in [0.1, 0.15) is 5.41 Å². The third kappa shape index (κ3) is 4.88. The number of rotatable bonds is 5. The van der Waals surface area contributed by atoms with Crippen LogP contribution in [0.2, 0.25) is 0 Å². The highest BCUT2D eigenvalue weighted by Gasteiger charge is 2.41. The van der Waals surface area contributed by atoms with Crippen LogP contribution in [0, 0.1) is 11.3 Å². The minimum Gasteiger partial charge on any atom is -0.373 e. The molecule has 0 unspecified atom stereocenters. The maximum atomic E-state index is 13.0. The van der Waals surface area contributed by atoms with Gasteiger partial charge in [-0.3, -0.25) is 9.69 Å². The number of amides is 1. The molecule has 24 heavy (non-hydrogen) atoms. The number of nitrogens with zero attached hydrogens (tertiary/aromatic N) is 2. The van der Waals surface area contributed by atoms with Gasteiger partial charge in [-0.15, -0.1) is 0 Å². The van der Waals surface area contributed by atoms with E-state index < -0.39 is 17.7 Å². The molecular weight excluding hydrogens is 314 g/mol. The molecule has 6 heteroatoms. The summed E-state index contributed by atoms with van der Waals surface area (Å²) in [6.45, 7) is 11.1. The molecule has 2 aliphatic heterocycles. The molecule has 0 spiro atoms. The van der Waals surface area contributed by atoms with Gasteiger partial charge in [0.05, 0.1) is 12.2 Å². The van der Waals surface area contributed by atoms with Crippen molar-refractivity contribution in [1.29, 1.82) is 0 Å². The monoisotopic (exact) mass is 346 g/mol. The zero-order valence-electron chi connectivity index (χ0n) is 15.4. The largest absolute Gasteiger partial charge is 0.373 e. The first kappa shape index (κ1) is 19.6. The molecule has 2 aliphatic rings. The van der Waals surface area contributed by atoms with E-state index in [0.29, 0.717) is 19.0 Å². The maximum Gasteiger partial charge on any atom is 0.252 e. The van der Waals surface area contributed by atoms with Crippen molar-refractivity contribution in [3.63, 3.8) is 0 Å². The van der Waals surface area contributed by atoms with Crippen LogP contribution in [-0.4, -0.2) is 67.1 Å². The summed E-state index contributed by atoms with van der Waals surface area (Å²) in [5.74, 6) is 0.170. The van der Waals surface area contributed by atoms with Gasteiger partial charge >= 0.3 is 0 Å². The van der Waals surface area contributed by atoms with Gasteiger partial charge in [-0.25, -0.2) is 8.78 Å². The molecule has 2 saturated heterocycles. The molecule has 2 atom stereocenters. The molecule has 0 saturated carbocycles. The fraction of sp³-hybridized carbons (Fsp3) is 0.944. The number of alkyl halides is 2. The maximum absolute atomic E-state index is 13.0. The molecule has 0 aliphatic carbocycles. The molecule has 0 aromatic carbocycles. The Kier molecular flexibility index (Phi) is 6.59. The number of morpholine rings is 1. The number of likely N-dealkylation sites (tertiary alicyclic amines) is 1. The van der Waals surface area contributed by atoms with Gasteiger partial charge in [0.2, 0.25) is 5.91 Å². The molecule has 0 aromatic heterocycles. The van der Waals surface area contributed by atoms with Crippen LogP contribution in [0.5, 0.6) is 0 Å². The van der Waals surface area contributed by atoms with Crippen molar-refractivity contribution in [2.45, 2.75) is 65.6 Å². The van der Waals surface area contributed by atoms with E-state index in [-0.39, 0.29) is 12.2 Å². The first-order chi connectivity index (χ1) is 11.2. The van der Waals surface area contributed by atoms with Crippen LogP contribution >= 0.6 is 0 Å². The quantitative estimate of drug-likeness (QED) is 0.767. The van der Waals surface area contributed by atoms with Crippen molar-refractivity contribution in [3.05, 3.63) is 0 Å². The highest BCUT2D eigenvalue weighted by Crippen LogP contribution is 2.30. The van der Waals surface area contributed by atoms with E-state index >= 15 is 0 Å². The SMILES string of the molecule is C[C@H]1CN(CCC2CCN(C(=O)C(C)(C)C(F)F)CC2)C[C@H](C)O1. The molecule has 0 N–H and O–H groups in total. The van der Waals surface area contributed by atoms with Gasteiger partial charge in [0, 0.05) is 26.2 Å². The van der Waals surface area contributed by atoms with E-state index in [1.54, 1.807) is 4.90 Å². The summed E-state index contributed by atoms with van der Waals surface area (Å²) in [6.07, 6.45) is 0.892. The molecule has 0 radical (unpaired) electrons. The summed E-state index contributed by atoms with van der Waals surface area (Å²) < 4.78 is 31.8. The van der Waals surface area contributed by atoms with E-state index in [0.717, 1.165) is 38.9 Å². The Bertz CT molecular complexity index is 413. The number of hydrogen-bond acceptors (Lipinski definition) is 3. The smallest absolute Gasteiger partial charge is 0.252 e. The summed E-state index contributed by atoms with van der Waals surface area (Å²) in [5.41, 5.74) is -1.58. The molecular formula is C18H32F2N2O2. The van der Waals surface area contributed by atoms with Crippen LogP contribution in [0.1, 0.15) is 47.0 Å². The van der Waals surface area contributed by atoms with E-state index in [2.05, 4.69) is 18.7 Å². The van der Waals surface area contributed by atoms with Crippen LogP contribution in [0.4, 0.5) is 8.78 Å². The molecule has 4 nitrogen and oxygen atoms in total. The van der Waals surface area contributed by atoms with Crippen LogP contribution in [0.3, 0.4) is 0 Å². The van der Waals surface area contributed by atoms with Crippen molar-refractivity contribution in [2.24, 2.45) is 11.3 Å². The Morgan fingerprint density at radius 3 is 2.21 bits per heavy atom. The standard InChI is InChI=1S/C18H32F2N2O2/c1-13-11-21(12-14(2)24-13)8-5-15-6-9-22(10-7-15)17(23)18(3,4)16(19)20/h13-16H,5-12H2,1-4H3/t13-,14-/m0/s1. The van der Waals surface area contributed by atoms with Crippen molar-refractivity contribution < 1.29 is 18.3 Å². The van der Waals surface area contributed by atoms with Crippen LogP contribution < -0.4 is 0 Å². The number of hydrogen-bond donors (Lipinski definition) is 0. The Morgan fingerprint density at radius 2 is 1.71 bits per heavy atom. The average molecular weight is 346 g/mol. The number of piperidine rings is 1. The van der Waals surface area contributed by atoms with Crippen LogP contribution in [-0.2, 0) is 9.53 Å². The third-order valence-corrected chi connectivity index (χ3v) is 5.35. The second kappa shape index (κ2) is 8.09. The molecule has 2 heterocycles. The van der Waals surface area contributed by atoms with E-state index in [4.69, 9.17) is 4.74 Å². The van der Waals surface area contributed by atoms with Crippen molar-refractivity contribution in [2.75, 3.05) is 32.7 Å². The zero-order chi connectivity index (χ0) is 17.9. The Balaban J connectivity index is 1.74. The summed E-state index contributed by atoms with van der Waals surface area (Å²) >= 11 is 0. The lowest BCUT2D eigenvalue weighted by atomic mass is 9.88. The molecule has 0 bridgehead atoms. The predicted octanol–water partition coefficient (Wildman–Crippen LogP) is 3.02. The van der Waals surface area contributed by atoms with Gasteiger partial charge in [-0.05, 0) is 59.4 Å². The number of ether oxygens (including phenoxy) is 1. The summed E-state index contributed by atoms with van der Waals surface area (Å²) in [6, 6.07) is 0. The third-order valence-electron chi connectivity index (χ3n) is 5.35. The zero-order valence-corrected chi connectivity index (χ0v) is 15.4. The first-order valence-corrected chi connectivity index (χ1v) is 9.15. The molecule has 2 fully saturated rings. The second-order valence-corrected chi connectivity index (χ2v) is 8.06. The fourth-order valence-corrected chi connectivity index (χ4v) is 3.76. The summed E-state index contributed by atoms with van der Waals surface area (Å²) in [4.78, 5) is 16.4. The second-order valence-electron chi connectivity index (χ2n) is 8.06. The van der Waals surface area contributed by atoms with Crippen LogP contribution in [0.15, 0.2) is 0 Å². The van der Waals surface area contributed by atoms with Crippen molar-refractivity contribution in [3.8, 4) is 0 Å². The Morgan fingerprint density at radius 1 is 1.17 bits per heavy atom. The summed E-state index contributed by atoms with van der Waals surface area (Å²) in [5, 5.41) is 0. The first-order valence-electron chi connectivity index (χ1n) is 9.15. The minimum atomic E-state index is -2.62. The Labute approximate surface area is 144 Å². The molecule has 1 amide bonds. The van der Waals surface area contributed by atoms with Crippen molar-refractivity contribution in [1.82, 2.24) is 9.80 Å². The highest BCUT2D eigenvalue weighted by molar-refractivity contribution is 5.82. The van der Waals surface area contributed by atoms with Gasteiger partial charge in [0.15, 0.2) is 0 Å². The number of halogens is 2. The van der Waals surface area contributed by atoms with Gasteiger partial charge in [-0.1, -0.05) is 0 Å². The van der Waals surface area contributed by atoms with E-state index in [1.807, 2.05) is 0 Å². The topological polar surface area (TPSA) is 32.8 Å². The summed E-state index contributed by atoms with van der Waals surface area (Å²) in [7, 11) is 0. The fourth-order valence-electron chi connectivity index (χ4n) is 3.76. The minimum absolute atomic E-state index is 0.282. The molecule has 2 rings (SSSR count). The Hall–Kier alpha value is -0.750. The highest BCUT2D eigenvalue weighted by atomic mass is 19.3. The average Bonchev–Trinajstić information content (AvgIpc) is 2.51. The lowest BCUT2D eigenvalue weighted by Crippen LogP contribution is -2.48. The molecule has 140 valence electrons. The van der Waals surface area contributed by atoms with Gasteiger partial charge < -0.3 is 9.64 Å². The van der Waals surface area contributed by atoms with Gasteiger partial charge in [-0.2, -0.15) is 0 Å². The van der Waals surface area contributed by atoms with E-state index in [1.165, 1.54) is 13.8 Å². The lowest BCUT2D eigenvalue weighted by Gasteiger charge is -2.38. The number of carbonyl (C=O) groups is 1. The number of carbonyl (C=O) groups excluding carboxylic acids is 1. The predicted molar refractivity (Wildman–Crippen MR) is 90.2 cm³/mol.